The lowest BCUT2D eigenvalue weighted by Gasteiger charge is -2.16. The summed E-state index contributed by atoms with van der Waals surface area (Å²) in [5.41, 5.74) is 6.99. The molecule has 1 aromatic carbocycles. The zero-order valence-electron chi connectivity index (χ0n) is 7.17. The molecule has 0 aliphatic heterocycles. The van der Waals surface area contributed by atoms with Crippen LogP contribution < -0.4 is 10.5 Å². The zero-order valence-corrected chi connectivity index (χ0v) is 9.33. The van der Waals surface area contributed by atoms with Crippen LogP contribution in [0.2, 0.25) is 0 Å². The first-order valence-corrected chi connectivity index (χ1v) is 4.74. The third-order valence-corrected chi connectivity index (χ3v) is 2.28. The van der Waals surface area contributed by atoms with E-state index in [0.29, 0.717) is 0 Å². The molecule has 0 aromatic heterocycles. The summed E-state index contributed by atoms with van der Waals surface area (Å²) in [6.45, 7) is 1.97. The molecule has 2 N–H and O–H groups in total. The molecule has 1 atom stereocenters. The molecule has 1 rings (SSSR count). The van der Waals surface area contributed by atoms with Gasteiger partial charge in [0.1, 0.15) is 5.75 Å². The van der Waals surface area contributed by atoms with Crippen molar-refractivity contribution in [1.29, 1.82) is 0 Å². The quantitative estimate of drug-likeness (QED) is 0.511. The minimum Gasteiger partial charge on any atom is -0.497 e. The molecule has 0 saturated carbocycles. The molecule has 0 fully saturated rings. The van der Waals surface area contributed by atoms with Crippen molar-refractivity contribution in [3.63, 3.8) is 0 Å². The van der Waals surface area contributed by atoms with Crippen molar-refractivity contribution in [3.8, 4) is 5.75 Å². The Bertz CT molecular complexity index is 250. The summed E-state index contributed by atoms with van der Waals surface area (Å²) in [6, 6.07) is 7.79. The number of hydrogen-bond donors (Lipinski definition) is 1. The van der Waals surface area contributed by atoms with Gasteiger partial charge in [0.2, 0.25) is 0 Å². The summed E-state index contributed by atoms with van der Waals surface area (Å²) >= 11 is 2.20. The van der Waals surface area contributed by atoms with Gasteiger partial charge in [-0.25, -0.2) is 0 Å². The first-order valence-electron chi connectivity index (χ1n) is 3.66. The van der Waals surface area contributed by atoms with Gasteiger partial charge in [-0.15, -0.1) is 0 Å². The molecule has 3 heteroatoms. The smallest absolute Gasteiger partial charge is 0.118 e. The molecule has 0 aliphatic carbocycles. The maximum absolute atomic E-state index is 5.89. The highest BCUT2D eigenvalue weighted by Gasteiger charge is 2.15. The van der Waals surface area contributed by atoms with Gasteiger partial charge in [0.25, 0.3) is 0 Å². The van der Waals surface area contributed by atoms with E-state index in [2.05, 4.69) is 22.6 Å². The Morgan fingerprint density at radius 2 is 1.83 bits per heavy atom. The predicted molar refractivity (Wildman–Crippen MR) is 58.6 cm³/mol. The fraction of sp³-hybridized carbons (Fsp3) is 0.333. The van der Waals surface area contributed by atoms with E-state index < -0.39 is 0 Å². The van der Waals surface area contributed by atoms with E-state index in [1.807, 2.05) is 31.2 Å². The third-order valence-electron chi connectivity index (χ3n) is 1.65. The van der Waals surface area contributed by atoms with E-state index in [4.69, 9.17) is 10.5 Å². The largest absolute Gasteiger partial charge is 0.497 e. The van der Waals surface area contributed by atoms with Crippen LogP contribution in [0, 0.1) is 0 Å². The molecule has 0 aliphatic rings. The number of hydrogen-bond acceptors (Lipinski definition) is 2. The zero-order chi connectivity index (χ0) is 9.19. The lowest BCUT2D eigenvalue weighted by molar-refractivity contribution is 0.414. The van der Waals surface area contributed by atoms with Crippen LogP contribution in [0.25, 0.3) is 0 Å². The van der Waals surface area contributed by atoms with Gasteiger partial charge in [0, 0.05) is 0 Å². The highest BCUT2D eigenvalue weighted by atomic mass is 127. The van der Waals surface area contributed by atoms with Crippen molar-refractivity contribution in [2.75, 3.05) is 7.11 Å². The molecule has 0 saturated heterocycles. The molecule has 0 amide bonds. The summed E-state index contributed by atoms with van der Waals surface area (Å²) in [5, 5.41) is 0. The van der Waals surface area contributed by atoms with E-state index in [1.165, 1.54) is 0 Å². The maximum atomic E-state index is 5.89. The Hall–Kier alpha value is -0.290. The lowest BCUT2D eigenvalue weighted by atomic mass is 10.1. The normalized spacial score (nSPS) is 15.3. The van der Waals surface area contributed by atoms with Crippen molar-refractivity contribution in [1.82, 2.24) is 0 Å². The molecular formula is C9H12INO. The molecule has 0 heterocycles. The molecular weight excluding hydrogens is 265 g/mol. The van der Waals surface area contributed by atoms with Gasteiger partial charge in [-0.3, -0.25) is 0 Å². The minimum atomic E-state index is -0.302. The van der Waals surface area contributed by atoms with Crippen molar-refractivity contribution in [2.24, 2.45) is 5.73 Å². The summed E-state index contributed by atoms with van der Waals surface area (Å²) in [6.07, 6.45) is 0. The number of rotatable bonds is 2. The van der Waals surface area contributed by atoms with Gasteiger partial charge in [-0.1, -0.05) is 34.7 Å². The van der Waals surface area contributed by atoms with Gasteiger partial charge in [0.05, 0.1) is 10.7 Å². The first-order chi connectivity index (χ1) is 5.54. The second-order valence-corrected chi connectivity index (χ2v) is 5.05. The molecule has 12 heavy (non-hydrogen) atoms. The Balaban J connectivity index is 2.93. The lowest BCUT2D eigenvalue weighted by Crippen LogP contribution is -2.24. The number of methoxy groups -OCH3 is 1. The second kappa shape index (κ2) is 3.62. The monoisotopic (exact) mass is 277 g/mol. The predicted octanol–water partition coefficient (Wildman–Crippen LogP) is 2.26. The van der Waals surface area contributed by atoms with Crippen molar-refractivity contribution in [3.05, 3.63) is 29.8 Å². The fourth-order valence-corrected chi connectivity index (χ4v) is 1.28. The number of halogens is 1. The standard InChI is InChI=1S/C9H12INO/c1-9(10,11)7-3-5-8(12-2)6-4-7/h3-6H,11H2,1-2H3/t9-/m0/s1. The number of nitrogens with two attached hydrogens (primary N) is 1. The van der Waals surface area contributed by atoms with Crippen LogP contribution >= 0.6 is 22.6 Å². The SMILES string of the molecule is COc1ccc([C@](C)(N)I)cc1. The highest BCUT2D eigenvalue weighted by Crippen LogP contribution is 2.26. The molecule has 0 radical (unpaired) electrons. The average Bonchev–Trinajstić information content (AvgIpc) is 2.03. The van der Waals surface area contributed by atoms with Crippen LogP contribution in [0.15, 0.2) is 24.3 Å². The van der Waals surface area contributed by atoms with Crippen molar-refractivity contribution < 1.29 is 4.74 Å². The summed E-state index contributed by atoms with van der Waals surface area (Å²) < 4.78 is 4.74. The van der Waals surface area contributed by atoms with Crippen LogP contribution in [0.4, 0.5) is 0 Å². The summed E-state index contributed by atoms with van der Waals surface area (Å²) in [7, 11) is 1.65. The van der Waals surface area contributed by atoms with Gasteiger partial charge in [-0.05, 0) is 24.6 Å². The van der Waals surface area contributed by atoms with Crippen LogP contribution in [0.5, 0.6) is 5.75 Å². The number of ether oxygens (including phenoxy) is 1. The maximum Gasteiger partial charge on any atom is 0.118 e. The van der Waals surface area contributed by atoms with Crippen molar-refractivity contribution in [2.45, 2.75) is 10.5 Å². The minimum absolute atomic E-state index is 0.302. The van der Waals surface area contributed by atoms with Crippen LogP contribution in [-0.4, -0.2) is 7.11 Å². The molecule has 0 spiro atoms. The van der Waals surface area contributed by atoms with Crippen LogP contribution in [-0.2, 0) is 3.55 Å². The topological polar surface area (TPSA) is 35.2 Å². The molecule has 0 bridgehead atoms. The Kier molecular flexibility index (Phi) is 2.95. The van der Waals surface area contributed by atoms with Crippen LogP contribution in [0.3, 0.4) is 0 Å². The third kappa shape index (κ3) is 2.35. The highest BCUT2D eigenvalue weighted by molar-refractivity contribution is 14.1. The average molecular weight is 277 g/mol. The van der Waals surface area contributed by atoms with E-state index in [1.54, 1.807) is 7.11 Å². The Morgan fingerprint density at radius 3 is 2.17 bits per heavy atom. The van der Waals surface area contributed by atoms with Gasteiger partial charge < -0.3 is 10.5 Å². The van der Waals surface area contributed by atoms with E-state index in [9.17, 15) is 0 Å². The van der Waals surface area contributed by atoms with E-state index >= 15 is 0 Å². The number of alkyl halides is 1. The molecule has 66 valence electrons. The second-order valence-electron chi connectivity index (χ2n) is 2.80. The van der Waals surface area contributed by atoms with Crippen molar-refractivity contribution >= 4 is 22.6 Å². The van der Waals surface area contributed by atoms with Gasteiger partial charge in [-0.2, -0.15) is 0 Å². The van der Waals surface area contributed by atoms with Gasteiger partial charge in [0.15, 0.2) is 0 Å². The van der Waals surface area contributed by atoms with Crippen LogP contribution in [0.1, 0.15) is 12.5 Å². The fourth-order valence-electron chi connectivity index (χ4n) is 0.917. The summed E-state index contributed by atoms with van der Waals surface area (Å²) in [5.74, 6) is 0.861. The Morgan fingerprint density at radius 1 is 1.33 bits per heavy atom. The molecule has 0 unspecified atom stereocenters. The molecule has 1 aromatic rings. The first kappa shape index (κ1) is 9.80. The molecule has 2 nitrogen and oxygen atoms in total. The summed E-state index contributed by atoms with van der Waals surface area (Å²) in [4.78, 5) is 0. The van der Waals surface area contributed by atoms with E-state index in [0.717, 1.165) is 11.3 Å². The Labute approximate surface area is 86.2 Å². The van der Waals surface area contributed by atoms with E-state index in [-0.39, 0.29) is 3.55 Å². The number of benzene rings is 1. The van der Waals surface area contributed by atoms with Gasteiger partial charge >= 0.3 is 0 Å².